The van der Waals surface area contributed by atoms with E-state index in [9.17, 15) is 9.59 Å². The van der Waals surface area contributed by atoms with Gasteiger partial charge in [0, 0.05) is 25.1 Å². The van der Waals surface area contributed by atoms with Gasteiger partial charge in [-0.1, -0.05) is 13.8 Å². The van der Waals surface area contributed by atoms with E-state index in [1.54, 1.807) is 30.4 Å². The van der Waals surface area contributed by atoms with Crippen molar-refractivity contribution in [2.24, 2.45) is 5.92 Å². The molecule has 0 aliphatic heterocycles. The summed E-state index contributed by atoms with van der Waals surface area (Å²) >= 11 is 0. The van der Waals surface area contributed by atoms with Crippen molar-refractivity contribution >= 4 is 5.91 Å². The number of nitrogens with zero attached hydrogens (tertiary/aromatic N) is 3. The molecule has 122 valence electrons. The molecule has 1 atom stereocenters. The van der Waals surface area contributed by atoms with Crippen molar-refractivity contribution in [2.75, 3.05) is 7.05 Å². The van der Waals surface area contributed by atoms with Crippen molar-refractivity contribution in [3.63, 3.8) is 0 Å². The number of hydrogen-bond acceptors (Lipinski definition) is 4. The van der Waals surface area contributed by atoms with Crippen LogP contribution in [-0.4, -0.2) is 32.8 Å². The normalized spacial score (nSPS) is 12.2. The first-order valence-electron chi connectivity index (χ1n) is 7.65. The van der Waals surface area contributed by atoms with Crippen LogP contribution in [0.25, 0.3) is 0 Å². The maximum absolute atomic E-state index is 12.6. The van der Waals surface area contributed by atoms with Crippen molar-refractivity contribution in [1.29, 1.82) is 0 Å². The van der Waals surface area contributed by atoms with Crippen LogP contribution >= 0.6 is 0 Å². The van der Waals surface area contributed by atoms with E-state index in [-0.39, 0.29) is 17.6 Å². The first-order chi connectivity index (χ1) is 10.9. The van der Waals surface area contributed by atoms with Crippen molar-refractivity contribution in [3.8, 4) is 0 Å². The van der Waals surface area contributed by atoms with Crippen LogP contribution in [0.2, 0.25) is 0 Å². The third-order valence-corrected chi connectivity index (χ3v) is 3.74. The van der Waals surface area contributed by atoms with Gasteiger partial charge in [0.1, 0.15) is 5.69 Å². The van der Waals surface area contributed by atoms with Crippen molar-refractivity contribution in [3.05, 3.63) is 58.0 Å². The molecule has 2 aromatic rings. The minimum atomic E-state index is -0.489. The van der Waals surface area contributed by atoms with Crippen LogP contribution in [-0.2, 0) is 6.42 Å². The number of carbonyl (C=O) groups excluding carboxylic acids is 1. The van der Waals surface area contributed by atoms with Crippen molar-refractivity contribution < 1.29 is 4.79 Å². The maximum Gasteiger partial charge on any atom is 0.345 e. The first kappa shape index (κ1) is 16.9. The van der Waals surface area contributed by atoms with Crippen LogP contribution in [0.1, 0.15) is 48.6 Å². The van der Waals surface area contributed by atoms with E-state index in [1.165, 1.54) is 0 Å². The number of aromatic amines is 1. The van der Waals surface area contributed by atoms with Gasteiger partial charge in [0.05, 0.1) is 6.04 Å². The average molecular weight is 314 g/mol. The summed E-state index contributed by atoms with van der Waals surface area (Å²) in [5, 5.41) is 0. The van der Waals surface area contributed by atoms with Gasteiger partial charge in [-0.2, -0.15) is 4.98 Å². The van der Waals surface area contributed by atoms with E-state index < -0.39 is 5.69 Å². The fourth-order valence-corrected chi connectivity index (χ4v) is 2.39. The molecule has 0 fully saturated rings. The molecule has 0 bridgehead atoms. The number of aromatic nitrogens is 3. The lowest BCUT2D eigenvalue weighted by atomic mass is 10.1. The Labute approximate surface area is 135 Å². The molecule has 0 aromatic carbocycles. The second-order valence-corrected chi connectivity index (χ2v) is 6.07. The minimum Gasteiger partial charge on any atom is -0.334 e. The standard InChI is InChI=1S/C17H22N4O2/c1-11(2)9-14-10-15(20-17(23)19-14)16(22)21(4)12(3)13-5-7-18-8-6-13/h5-8,10-12H,9H2,1-4H3,(H,19,20,23)/t12-/m0/s1. The number of rotatable bonds is 5. The van der Waals surface area contributed by atoms with Crippen LogP contribution in [0.3, 0.4) is 0 Å². The van der Waals surface area contributed by atoms with Crippen LogP contribution in [0.15, 0.2) is 35.4 Å². The van der Waals surface area contributed by atoms with Gasteiger partial charge in [0.2, 0.25) is 0 Å². The van der Waals surface area contributed by atoms with E-state index in [1.807, 2.05) is 19.1 Å². The zero-order chi connectivity index (χ0) is 17.0. The summed E-state index contributed by atoms with van der Waals surface area (Å²) in [4.78, 5) is 36.4. The molecule has 23 heavy (non-hydrogen) atoms. The highest BCUT2D eigenvalue weighted by molar-refractivity contribution is 5.92. The second-order valence-electron chi connectivity index (χ2n) is 6.07. The van der Waals surface area contributed by atoms with Gasteiger partial charge in [-0.05, 0) is 43.0 Å². The molecular formula is C17H22N4O2. The van der Waals surface area contributed by atoms with Gasteiger partial charge in [-0.3, -0.25) is 9.78 Å². The zero-order valence-corrected chi connectivity index (χ0v) is 13.9. The van der Waals surface area contributed by atoms with Gasteiger partial charge in [-0.25, -0.2) is 4.79 Å². The largest absolute Gasteiger partial charge is 0.345 e. The lowest BCUT2D eigenvalue weighted by molar-refractivity contribution is 0.0736. The van der Waals surface area contributed by atoms with Gasteiger partial charge in [-0.15, -0.1) is 0 Å². The average Bonchev–Trinajstić information content (AvgIpc) is 2.52. The molecule has 0 saturated heterocycles. The first-order valence-corrected chi connectivity index (χ1v) is 7.65. The van der Waals surface area contributed by atoms with Gasteiger partial charge in [0.25, 0.3) is 5.91 Å². The summed E-state index contributed by atoms with van der Waals surface area (Å²) in [5.74, 6) is 0.106. The van der Waals surface area contributed by atoms with Gasteiger partial charge in [0.15, 0.2) is 0 Å². The van der Waals surface area contributed by atoms with E-state index >= 15 is 0 Å². The Bertz CT molecular complexity index is 725. The van der Waals surface area contributed by atoms with Crippen LogP contribution in [0, 0.1) is 5.92 Å². The maximum atomic E-state index is 12.6. The Morgan fingerprint density at radius 1 is 1.26 bits per heavy atom. The summed E-state index contributed by atoms with van der Waals surface area (Å²) < 4.78 is 0. The number of nitrogens with one attached hydrogen (secondary N) is 1. The molecule has 0 spiro atoms. The second kappa shape index (κ2) is 7.17. The molecule has 1 amide bonds. The SMILES string of the molecule is CC(C)Cc1cc(C(=O)N(C)[C@@H](C)c2ccncc2)nc(=O)[nH]1. The monoisotopic (exact) mass is 314 g/mol. The molecule has 2 heterocycles. The number of amides is 1. The Hall–Kier alpha value is -2.50. The highest BCUT2D eigenvalue weighted by atomic mass is 16.2. The number of pyridine rings is 1. The fourth-order valence-electron chi connectivity index (χ4n) is 2.39. The summed E-state index contributed by atoms with van der Waals surface area (Å²) in [7, 11) is 1.71. The topological polar surface area (TPSA) is 79.0 Å². The molecule has 0 radical (unpaired) electrons. The van der Waals surface area contributed by atoms with Crippen molar-refractivity contribution in [2.45, 2.75) is 33.2 Å². The van der Waals surface area contributed by atoms with Crippen LogP contribution in [0.4, 0.5) is 0 Å². The predicted octanol–water partition coefficient (Wildman–Crippen LogP) is 2.20. The van der Waals surface area contributed by atoms with E-state index in [2.05, 4.69) is 28.8 Å². The summed E-state index contributed by atoms with van der Waals surface area (Å²) in [6.45, 7) is 6.03. The van der Waals surface area contributed by atoms with Crippen LogP contribution < -0.4 is 5.69 Å². The highest BCUT2D eigenvalue weighted by Gasteiger charge is 2.21. The zero-order valence-electron chi connectivity index (χ0n) is 13.9. The Kier molecular flexibility index (Phi) is 5.26. The number of carbonyl (C=O) groups is 1. The summed E-state index contributed by atoms with van der Waals surface area (Å²) in [5.41, 5.74) is 1.39. The van der Waals surface area contributed by atoms with E-state index in [4.69, 9.17) is 0 Å². The molecule has 2 rings (SSSR count). The van der Waals surface area contributed by atoms with Crippen LogP contribution in [0.5, 0.6) is 0 Å². The summed E-state index contributed by atoms with van der Waals surface area (Å²) in [6, 6.07) is 5.26. The molecule has 0 aliphatic carbocycles. The molecule has 1 N–H and O–H groups in total. The quantitative estimate of drug-likeness (QED) is 0.917. The minimum absolute atomic E-state index is 0.139. The smallest absolute Gasteiger partial charge is 0.334 e. The van der Waals surface area contributed by atoms with Gasteiger partial charge >= 0.3 is 5.69 Å². The third kappa shape index (κ3) is 4.25. The highest BCUT2D eigenvalue weighted by Crippen LogP contribution is 2.19. The van der Waals surface area contributed by atoms with Crippen molar-refractivity contribution in [1.82, 2.24) is 19.9 Å². The Balaban J connectivity index is 2.25. The molecule has 0 unspecified atom stereocenters. The molecule has 2 aromatic heterocycles. The fraction of sp³-hybridized carbons (Fsp3) is 0.412. The number of H-pyrrole nitrogens is 1. The van der Waals surface area contributed by atoms with Gasteiger partial charge < -0.3 is 9.88 Å². The molecule has 6 nitrogen and oxygen atoms in total. The van der Waals surface area contributed by atoms with E-state index in [0.717, 1.165) is 11.3 Å². The lowest BCUT2D eigenvalue weighted by Gasteiger charge is -2.25. The Morgan fingerprint density at radius 2 is 1.91 bits per heavy atom. The predicted molar refractivity (Wildman–Crippen MR) is 88.1 cm³/mol. The lowest BCUT2D eigenvalue weighted by Crippen LogP contribution is -2.32. The van der Waals surface area contributed by atoms with E-state index in [0.29, 0.717) is 12.3 Å². The molecule has 0 aliphatic rings. The Morgan fingerprint density at radius 3 is 2.52 bits per heavy atom. The molecule has 6 heteroatoms. The molecule has 0 saturated carbocycles. The third-order valence-electron chi connectivity index (χ3n) is 3.74. The number of hydrogen-bond donors (Lipinski definition) is 1. The summed E-state index contributed by atoms with van der Waals surface area (Å²) in [6.07, 6.45) is 4.08. The molecular weight excluding hydrogens is 292 g/mol.